The molecule has 6 nitrogen and oxygen atoms in total. The van der Waals surface area contributed by atoms with Gasteiger partial charge in [0.15, 0.2) is 0 Å². The number of rotatable bonds is 3. The summed E-state index contributed by atoms with van der Waals surface area (Å²) in [5.74, 6) is -0.829. The van der Waals surface area contributed by atoms with Gasteiger partial charge in [0, 0.05) is 5.56 Å². The third-order valence-electron chi connectivity index (χ3n) is 2.68. The molecule has 6 heteroatoms. The van der Waals surface area contributed by atoms with E-state index in [1.54, 1.807) is 12.1 Å². The summed E-state index contributed by atoms with van der Waals surface area (Å²) in [5.41, 5.74) is 6.59. The Kier molecular flexibility index (Phi) is 3.33. The highest BCUT2D eigenvalue weighted by Gasteiger charge is 2.13. The molecule has 98 valence electrons. The van der Waals surface area contributed by atoms with Crippen LogP contribution in [0.1, 0.15) is 5.56 Å². The first-order valence-corrected chi connectivity index (χ1v) is 5.63. The van der Waals surface area contributed by atoms with Gasteiger partial charge in [0.1, 0.15) is 18.1 Å². The van der Waals surface area contributed by atoms with Gasteiger partial charge in [-0.2, -0.15) is 0 Å². The molecule has 1 aromatic carbocycles. The number of aromatic nitrogens is 2. The van der Waals surface area contributed by atoms with Crippen molar-refractivity contribution in [2.24, 2.45) is 0 Å². The summed E-state index contributed by atoms with van der Waals surface area (Å²) in [5, 5.41) is 8.87. The molecule has 0 fully saturated rings. The SMILES string of the molecule is Cc1ccc(-c2ncc(N)c(=O)n2CC(=O)O)cc1. The minimum Gasteiger partial charge on any atom is -0.480 e. The molecular weight excluding hydrogens is 246 g/mol. The molecule has 19 heavy (non-hydrogen) atoms. The van der Waals surface area contributed by atoms with Crippen LogP contribution in [-0.2, 0) is 11.3 Å². The van der Waals surface area contributed by atoms with Crippen LogP contribution in [0.4, 0.5) is 5.69 Å². The summed E-state index contributed by atoms with van der Waals surface area (Å²) in [6, 6.07) is 7.29. The van der Waals surface area contributed by atoms with E-state index in [1.807, 2.05) is 19.1 Å². The Hall–Kier alpha value is -2.63. The van der Waals surface area contributed by atoms with Crippen LogP contribution in [0, 0.1) is 6.92 Å². The molecule has 0 unspecified atom stereocenters. The van der Waals surface area contributed by atoms with E-state index >= 15 is 0 Å². The fraction of sp³-hybridized carbons (Fsp3) is 0.154. The van der Waals surface area contributed by atoms with Gasteiger partial charge in [-0.05, 0) is 6.92 Å². The molecule has 2 aromatic rings. The number of nitrogens with zero attached hydrogens (tertiary/aromatic N) is 2. The molecule has 1 heterocycles. The van der Waals surface area contributed by atoms with Gasteiger partial charge in [-0.3, -0.25) is 14.2 Å². The summed E-state index contributed by atoms with van der Waals surface area (Å²) in [4.78, 5) is 26.8. The molecule has 0 aliphatic heterocycles. The third-order valence-corrected chi connectivity index (χ3v) is 2.68. The zero-order chi connectivity index (χ0) is 14.0. The Balaban J connectivity index is 2.62. The molecule has 1 aromatic heterocycles. The van der Waals surface area contributed by atoms with Crippen molar-refractivity contribution in [3.8, 4) is 11.4 Å². The van der Waals surface area contributed by atoms with Gasteiger partial charge in [-0.1, -0.05) is 29.8 Å². The average Bonchev–Trinajstić information content (AvgIpc) is 2.36. The fourth-order valence-electron chi connectivity index (χ4n) is 1.72. The second kappa shape index (κ2) is 4.93. The van der Waals surface area contributed by atoms with Gasteiger partial charge in [0.25, 0.3) is 5.56 Å². The maximum absolute atomic E-state index is 11.9. The van der Waals surface area contributed by atoms with Crippen molar-refractivity contribution < 1.29 is 9.90 Å². The summed E-state index contributed by atoms with van der Waals surface area (Å²) in [7, 11) is 0. The Labute approximate surface area is 109 Å². The van der Waals surface area contributed by atoms with Crippen LogP contribution in [0.15, 0.2) is 35.3 Å². The lowest BCUT2D eigenvalue weighted by Gasteiger charge is -2.10. The summed E-state index contributed by atoms with van der Waals surface area (Å²) in [6.07, 6.45) is 1.25. The number of carbonyl (C=O) groups is 1. The van der Waals surface area contributed by atoms with Crippen molar-refractivity contribution in [2.45, 2.75) is 13.5 Å². The minimum absolute atomic E-state index is 0.0721. The maximum atomic E-state index is 11.9. The highest BCUT2D eigenvalue weighted by molar-refractivity contribution is 5.68. The van der Waals surface area contributed by atoms with Gasteiger partial charge in [-0.15, -0.1) is 0 Å². The Morgan fingerprint density at radius 2 is 2.00 bits per heavy atom. The van der Waals surface area contributed by atoms with Crippen LogP contribution in [-0.4, -0.2) is 20.6 Å². The average molecular weight is 259 g/mol. The Morgan fingerprint density at radius 1 is 1.37 bits per heavy atom. The van der Waals surface area contributed by atoms with E-state index in [0.29, 0.717) is 11.4 Å². The van der Waals surface area contributed by atoms with Crippen molar-refractivity contribution in [1.29, 1.82) is 0 Å². The lowest BCUT2D eigenvalue weighted by molar-refractivity contribution is -0.137. The first-order chi connectivity index (χ1) is 8.99. The normalized spacial score (nSPS) is 10.4. The van der Waals surface area contributed by atoms with Gasteiger partial charge in [0.05, 0.1) is 6.20 Å². The van der Waals surface area contributed by atoms with Crippen molar-refractivity contribution >= 4 is 11.7 Å². The highest BCUT2D eigenvalue weighted by Crippen LogP contribution is 2.16. The first-order valence-electron chi connectivity index (χ1n) is 5.63. The molecule has 0 radical (unpaired) electrons. The largest absolute Gasteiger partial charge is 0.480 e. The van der Waals surface area contributed by atoms with E-state index in [1.165, 1.54) is 6.20 Å². The smallest absolute Gasteiger partial charge is 0.323 e. The van der Waals surface area contributed by atoms with E-state index < -0.39 is 18.1 Å². The molecule has 3 N–H and O–H groups in total. The molecule has 0 saturated heterocycles. The zero-order valence-corrected chi connectivity index (χ0v) is 10.3. The minimum atomic E-state index is -1.12. The molecule has 2 rings (SSSR count). The quantitative estimate of drug-likeness (QED) is 0.852. The van der Waals surface area contributed by atoms with Crippen LogP contribution in [0.25, 0.3) is 11.4 Å². The van der Waals surface area contributed by atoms with Gasteiger partial charge in [0.2, 0.25) is 0 Å². The topological polar surface area (TPSA) is 98.2 Å². The van der Waals surface area contributed by atoms with Crippen molar-refractivity contribution in [3.05, 3.63) is 46.4 Å². The number of carboxylic acid groups (broad SMARTS) is 1. The fourth-order valence-corrected chi connectivity index (χ4v) is 1.72. The second-order valence-electron chi connectivity index (χ2n) is 4.19. The van der Waals surface area contributed by atoms with Crippen LogP contribution in [0.3, 0.4) is 0 Å². The summed E-state index contributed by atoms with van der Waals surface area (Å²) in [6.45, 7) is 1.46. The lowest BCUT2D eigenvalue weighted by atomic mass is 10.1. The third kappa shape index (κ3) is 2.62. The molecule has 0 spiro atoms. The summed E-state index contributed by atoms with van der Waals surface area (Å²) >= 11 is 0. The number of benzene rings is 1. The number of aryl methyl sites for hydroxylation is 1. The Morgan fingerprint density at radius 3 is 2.58 bits per heavy atom. The molecule has 0 aliphatic rings. The van der Waals surface area contributed by atoms with Crippen molar-refractivity contribution in [1.82, 2.24) is 9.55 Å². The van der Waals surface area contributed by atoms with Gasteiger partial charge >= 0.3 is 5.97 Å². The predicted octanol–water partition coefficient (Wildman–Crippen LogP) is 0.886. The van der Waals surface area contributed by atoms with Crippen molar-refractivity contribution in [3.63, 3.8) is 0 Å². The number of carboxylic acids is 1. The van der Waals surface area contributed by atoms with E-state index in [-0.39, 0.29) is 5.69 Å². The first kappa shape index (κ1) is 12.8. The van der Waals surface area contributed by atoms with Crippen molar-refractivity contribution in [2.75, 3.05) is 5.73 Å². The monoisotopic (exact) mass is 259 g/mol. The molecule has 0 atom stereocenters. The number of anilines is 1. The standard InChI is InChI=1S/C13H13N3O3/c1-8-2-4-9(5-3-8)12-15-6-10(14)13(19)16(12)7-11(17)18/h2-6H,7,14H2,1H3,(H,17,18). The molecule has 0 amide bonds. The van der Waals surface area contributed by atoms with E-state index in [0.717, 1.165) is 10.1 Å². The lowest BCUT2D eigenvalue weighted by Crippen LogP contribution is -2.28. The molecule has 0 bridgehead atoms. The van der Waals surface area contributed by atoms with Crippen LogP contribution < -0.4 is 11.3 Å². The van der Waals surface area contributed by atoms with Gasteiger partial charge < -0.3 is 10.8 Å². The van der Waals surface area contributed by atoms with E-state index in [9.17, 15) is 9.59 Å². The number of nitrogens with two attached hydrogens (primary N) is 1. The van der Waals surface area contributed by atoms with E-state index in [2.05, 4.69) is 4.98 Å². The number of hydrogen-bond acceptors (Lipinski definition) is 4. The summed E-state index contributed by atoms with van der Waals surface area (Å²) < 4.78 is 1.06. The number of hydrogen-bond donors (Lipinski definition) is 2. The zero-order valence-electron chi connectivity index (χ0n) is 10.3. The molecule has 0 saturated carbocycles. The Bertz CT molecular complexity index is 675. The predicted molar refractivity (Wildman–Crippen MR) is 70.7 cm³/mol. The molecular formula is C13H13N3O3. The number of nitrogen functional groups attached to an aromatic ring is 1. The van der Waals surface area contributed by atoms with Crippen LogP contribution >= 0.6 is 0 Å². The van der Waals surface area contributed by atoms with E-state index in [4.69, 9.17) is 10.8 Å². The van der Waals surface area contributed by atoms with Crippen LogP contribution in [0.5, 0.6) is 0 Å². The highest BCUT2D eigenvalue weighted by atomic mass is 16.4. The second-order valence-corrected chi connectivity index (χ2v) is 4.19. The maximum Gasteiger partial charge on any atom is 0.323 e. The van der Waals surface area contributed by atoms with Crippen LogP contribution in [0.2, 0.25) is 0 Å². The van der Waals surface area contributed by atoms with Gasteiger partial charge in [-0.25, -0.2) is 4.98 Å². The number of aliphatic carboxylic acids is 1. The molecule has 0 aliphatic carbocycles.